The van der Waals surface area contributed by atoms with Gasteiger partial charge in [-0.3, -0.25) is 14.5 Å². The van der Waals surface area contributed by atoms with Crippen molar-refractivity contribution >= 4 is 17.6 Å². The van der Waals surface area contributed by atoms with Crippen LogP contribution in [0.25, 0.3) is 0 Å². The van der Waals surface area contributed by atoms with Gasteiger partial charge in [0.25, 0.3) is 5.97 Å². The monoisotopic (exact) mass is 608 g/mol. The van der Waals surface area contributed by atoms with Crippen LogP contribution < -0.4 is 10.5 Å². The van der Waals surface area contributed by atoms with Crippen LogP contribution in [-0.2, 0) is 40.3 Å². The number of carboxylic acid groups (broad SMARTS) is 1. The quantitative estimate of drug-likeness (QED) is 0.145. The average molecular weight is 609 g/mol. The van der Waals surface area contributed by atoms with Crippen LogP contribution in [0.15, 0.2) is 91.0 Å². The van der Waals surface area contributed by atoms with Crippen molar-refractivity contribution in [2.75, 3.05) is 12.3 Å². The van der Waals surface area contributed by atoms with E-state index >= 15 is 0 Å². The van der Waals surface area contributed by atoms with Crippen molar-refractivity contribution in [1.29, 1.82) is 0 Å². The highest BCUT2D eigenvalue weighted by Crippen LogP contribution is 2.39. The average Bonchev–Trinajstić information content (AvgIpc) is 3.32. The fourth-order valence-electron chi connectivity index (χ4n) is 5.90. The summed E-state index contributed by atoms with van der Waals surface area (Å²) in [6.07, 6.45) is 1.40. The molecule has 0 heterocycles. The van der Waals surface area contributed by atoms with Gasteiger partial charge in [-0.25, -0.2) is 0 Å². The zero-order valence-electron chi connectivity index (χ0n) is 26.9. The highest BCUT2D eigenvalue weighted by atomic mass is 16.5. The van der Waals surface area contributed by atoms with Gasteiger partial charge in [0.1, 0.15) is 18.5 Å². The van der Waals surface area contributed by atoms with Crippen molar-refractivity contribution in [2.24, 2.45) is 0 Å². The predicted molar refractivity (Wildman–Crippen MR) is 178 cm³/mol. The normalized spacial score (nSPS) is 13.7. The molecule has 0 radical (unpaired) electrons. The Labute approximate surface area is 266 Å². The number of hydrogen-bond acceptors (Lipinski definition) is 6. The molecule has 236 valence electrons. The van der Waals surface area contributed by atoms with E-state index in [2.05, 4.69) is 62.1 Å². The van der Waals surface area contributed by atoms with Crippen molar-refractivity contribution in [1.82, 2.24) is 4.90 Å². The molecule has 0 fully saturated rings. The molecule has 0 aliphatic heterocycles. The highest BCUT2D eigenvalue weighted by Gasteiger charge is 2.40. The molecule has 0 unspecified atom stereocenters. The summed E-state index contributed by atoms with van der Waals surface area (Å²) in [5.41, 5.74) is 15.5. The van der Waals surface area contributed by atoms with Gasteiger partial charge in [-0.05, 0) is 84.7 Å². The molecule has 1 aliphatic carbocycles. The molecule has 3 N–H and O–H groups in total. The number of rotatable bonds is 10. The van der Waals surface area contributed by atoms with Gasteiger partial charge < -0.3 is 20.3 Å². The Morgan fingerprint density at radius 2 is 1.40 bits per heavy atom. The number of carboxylic acids is 1. The molecule has 7 heteroatoms. The lowest BCUT2D eigenvalue weighted by molar-refractivity contribution is -0.148. The van der Waals surface area contributed by atoms with E-state index in [1.54, 1.807) is 0 Å². The zero-order valence-corrected chi connectivity index (χ0v) is 26.9. The minimum Gasteiger partial charge on any atom is -0.487 e. The van der Waals surface area contributed by atoms with Crippen LogP contribution in [0.3, 0.4) is 0 Å². The van der Waals surface area contributed by atoms with E-state index in [9.17, 15) is 4.79 Å². The molecule has 0 amide bonds. The number of ether oxygens (including phenoxy) is 2. The molecule has 0 aromatic heterocycles. The smallest absolute Gasteiger partial charge is 0.303 e. The largest absolute Gasteiger partial charge is 0.487 e. The van der Waals surface area contributed by atoms with Gasteiger partial charge in [-0.2, -0.15) is 0 Å². The second-order valence-electron chi connectivity index (χ2n) is 12.1. The molecular weight excluding hydrogens is 564 g/mol. The number of benzene rings is 4. The first-order valence-electron chi connectivity index (χ1n) is 15.2. The number of nitrogens with zero attached hydrogens (tertiary/aromatic N) is 1. The van der Waals surface area contributed by atoms with E-state index in [0.717, 1.165) is 37.4 Å². The Balaban J connectivity index is 0.00000109. The number of esters is 1. The summed E-state index contributed by atoms with van der Waals surface area (Å²) in [7, 11) is 0. The van der Waals surface area contributed by atoms with E-state index < -0.39 is 12.1 Å². The van der Waals surface area contributed by atoms with Crippen molar-refractivity contribution in [3.8, 4) is 5.75 Å². The maximum Gasteiger partial charge on any atom is 0.303 e. The second-order valence-corrected chi connectivity index (χ2v) is 12.1. The standard InChI is InChI=1S/C36H40N2O3.C2H4O2/c1-25-17-31-20-36(4,21-32(31)18-26(25)2)38(22-28-11-7-5-8-12-28)23-35(41-27(3)39)30-15-16-34(33(37)19-30)40-24-29-13-9-6-10-14-29;1-2(3)4/h5-19,35H,20-24,37H2,1-4H3;1H3,(H,3,4)/t35-;/m0./s1. The molecule has 7 nitrogen and oxygen atoms in total. The maximum atomic E-state index is 12.3. The lowest BCUT2D eigenvalue weighted by Crippen LogP contribution is -2.48. The fraction of sp³-hybridized carbons (Fsp3) is 0.316. The molecule has 0 saturated carbocycles. The summed E-state index contributed by atoms with van der Waals surface area (Å²) >= 11 is 0. The number of hydrogen-bond donors (Lipinski definition) is 2. The van der Waals surface area contributed by atoms with E-state index in [0.29, 0.717) is 24.6 Å². The molecule has 0 saturated heterocycles. The molecule has 1 aliphatic rings. The summed E-state index contributed by atoms with van der Waals surface area (Å²) in [5, 5.41) is 7.42. The molecule has 4 aromatic rings. The van der Waals surface area contributed by atoms with Gasteiger partial charge in [-0.15, -0.1) is 0 Å². The number of fused-ring (bicyclic) bond motifs is 1. The number of aliphatic carboxylic acids is 1. The van der Waals surface area contributed by atoms with Crippen molar-refractivity contribution in [2.45, 2.75) is 72.3 Å². The van der Waals surface area contributed by atoms with Crippen LogP contribution in [0.4, 0.5) is 5.69 Å². The van der Waals surface area contributed by atoms with Crippen LogP contribution in [-0.4, -0.2) is 34.0 Å². The Bertz CT molecular complexity index is 1570. The summed E-state index contributed by atoms with van der Waals surface area (Å²) < 4.78 is 12.0. The van der Waals surface area contributed by atoms with Gasteiger partial charge in [0, 0.05) is 32.5 Å². The third-order valence-corrected chi connectivity index (χ3v) is 8.28. The number of carbonyl (C=O) groups excluding carboxylic acids is 1. The van der Waals surface area contributed by atoms with Gasteiger partial charge in [-0.1, -0.05) is 78.9 Å². The molecule has 45 heavy (non-hydrogen) atoms. The molecule has 5 rings (SSSR count). The summed E-state index contributed by atoms with van der Waals surface area (Å²) in [6, 6.07) is 30.9. The highest BCUT2D eigenvalue weighted by molar-refractivity contribution is 5.66. The third-order valence-electron chi connectivity index (χ3n) is 8.28. The van der Waals surface area contributed by atoms with Crippen LogP contribution in [0.5, 0.6) is 5.75 Å². The summed E-state index contributed by atoms with van der Waals surface area (Å²) in [5.74, 6) is -0.534. The van der Waals surface area contributed by atoms with Crippen molar-refractivity contribution in [3.63, 3.8) is 0 Å². The minimum atomic E-state index is -0.833. The topological polar surface area (TPSA) is 102 Å². The predicted octanol–water partition coefficient (Wildman–Crippen LogP) is 7.22. The molecular formula is C38H44N2O5. The van der Waals surface area contributed by atoms with Crippen LogP contribution in [0.1, 0.15) is 65.8 Å². The van der Waals surface area contributed by atoms with Gasteiger partial charge >= 0.3 is 5.97 Å². The number of carbonyl (C=O) groups is 2. The number of nitrogen functional groups attached to an aromatic ring is 1. The first-order valence-corrected chi connectivity index (χ1v) is 15.2. The Morgan fingerprint density at radius 1 is 0.867 bits per heavy atom. The lowest BCUT2D eigenvalue weighted by atomic mass is 9.93. The van der Waals surface area contributed by atoms with Gasteiger partial charge in [0.05, 0.1) is 5.69 Å². The Morgan fingerprint density at radius 3 is 1.91 bits per heavy atom. The third kappa shape index (κ3) is 9.19. The van der Waals surface area contributed by atoms with E-state index in [-0.39, 0.29) is 11.5 Å². The van der Waals surface area contributed by atoms with Gasteiger partial charge in [0.15, 0.2) is 0 Å². The maximum absolute atomic E-state index is 12.3. The SMILES string of the molecule is CC(=O)O.CC(=O)O[C@@H](CN(Cc1ccccc1)C1(C)Cc2cc(C)c(C)cc2C1)c1ccc(OCc2ccccc2)c(N)c1. The first-order chi connectivity index (χ1) is 21.4. The van der Waals surface area contributed by atoms with E-state index in [4.69, 9.17) is 25.1 Å². The Hall–Kier alpha value is -4.62. The number of anilines is 1. The Kier molecular flexibility index (Phi) is 11.0. The van der Waals surface area contributed by atoms with E-state index in [1.165, 1.54) is 34.7 Å². The van der Waals surface area contributed by atoms with Crippen LogP contribution in [0, 0.1) is 13.8 Å². The zero-order chi connectivity index (χ0) is 32.6. The molecule has 0 bridgehead atoms. The van der Waals surface area contributed by atoms with E-state index in [1.807, 2.05) is 54.6 Å². The van der Waals surface area contributed by atoms with Crippen molar-refractivity contribution < 1.29 is 24.2 Å². The molecule has 1 atom stereocenters. The van der Waals surface area contributed by atoms with Gasteiger partial charge in [0.2, 0.25) is 0 Å². The first kappa shape index (κ1) is 33.3. The molecule has 0 spiro atoms. The second kappa shape index (κ2) is 14.9. The van der Waals surface area contributed by atoms with Crippen LogP contribution in [0.2, 0.25) is 0 Å². The number of nitrogens with two attached hydrogens (primary N) is 1. The fourth-order valence-corrected chi connectivity index (χ4v) is 5.90. The minimum absolute atomic E-state index is 0.138. The number of aryl methyl sites for hydroxylation is 2. The summed E-state index contributed by atoms with van der Waals surface area (Å²) in [6.45, 7) is 11.0. The lowest BCUT2D eigenvalue weighted by Gasteiger charge is -2.40. The van der Waals surface area contributed by atoms with Crippen molar-refractivity contribution in [3.05, 3.63) is 130 Å². The summed E-state index contributed by atoms with van der Waals surface area (Å²) in [4.78, 5) is 23.8. The van der Waals surface area contributed by atoms with Crippen LogP contribution >= 0.6 is 0 Å². The molecule has 4 aromatic carbocycles.